The second-order valence-corrected chi connectivity index (χ2v) is 3.42. The number of hydrogen-bond donors (Lipinski definition) is 3. The van der Waals surface area contributed by atoms with E-state index in [0.29, 0.717) is 12.0 Å². The van der Waals surface area contributed by atoms with Crippen molar-refractivity contribution in [2.75, 3.05) is 0 Å². The maximum Gasteiger partial charge on any atom is 0.335 e. The van der Waals surface area contributed by atoms with Gasteiger partial charge < -0.3 is 15.3 Å². The normalized spacial score (nSPS) is 9.06. The summed E-state index contributed by atoms with van der Waals surface area (Å²) >= 11 is 0. The summed E-state index contributed by atoms with van der Waals surface area (Å²) in [7, 11) is 0. The first-order chi connectivity index (χ1) is 7.88. The van der Waals surface area contributed by atoms with E-state index in [9.17, 15) is 4.79 Å². The second-order valence-electron chi connectivity index (χ2n) is 3.42. The van der Waals surface area contributed by atoms with Crippen LogP contribution in [0, 0.1) is 0 Å². The SMILES string of the molecule is CC(=O)O.CCCc1cc(O)ccc1C(=O)O. The van der Waals surface area contributed by atoms with Crippen LogP contribution in [0.1, 0.15) is 36.2 Å². The molecule has 0 heterocycles. The molecule has 17 heavy (non-hydrogen) atoms. The van der Waals surface area contributed by atoms with Crippen LogP contribution in [-0.2, 0) is 11.2 Å². The van der Waals surface area contributed by atoms with Crippen molar-refractivity contribution in [3.05, 3.63) is 29.3 Å². The van der Waals surface area contributed by atoms with E-state index in [2.05, 4.69) is 0 Å². The zero-order chi connectivity index (χ0) is 13.4. The first kappa shape index (κ1) is 15.0. The van der Waals surface area contributed by atoms with Gasteiger partial charge in [0.15, 0.2) is 0 Å². The van der Waals surface area contributed by atoms with Crippen LogP contribution in [0.3, 0.4) is 0 Å². The van der Waals surface area contributed by atoms with Crippen LogP contribution in [0.5, 0.6) is 5.75 Å². The van der Waals surface area contributed by atoms with Gasteiger partial charge in [0.2, 0.25) is 0 Å². The van der Waals surface area contributed by atoms with Crippen molar-refractivity contribution in [2.45, 2.75) is 26.7 Å². The zero-order valence-electron chi connectivity index (χ0n) is 9.80. The molecule has 1 aromatic carbocycles. The highest BCUT2D eigenvalue weighted by atomic mass is 16.4. The molecule has 0 atom stereocenters. The summed E-state index contributed by atoms with van der Waals surface area (Å²) in [6.45, 7) is 3.05. The van der Waals surface area contributed by atoms with Gasteiger partial charge in [0.25, 0.3) is 5.97 Å². The predicted molar refractivity (Wildman–Crippen MR) is 62.4 cm³/mol. The summed E-state index contributed by atoms with van der Waals surface area (Å²) in [5.74, 6) is -1.66. The molecule has 0 amide bonds. The Hall–Kier alpha value is -2.04. The Morgan fingerprint density at radius 1 is 1.24 bits per heavy atom. The molecule has 5 heteroatoms. The van der Waals surface area contributed by atoms with Crippen molar-refractivity contribution in [1.82, 2.24) is 0 Å². The number of hydrogen-bond acceptors (Lipinski definition) is 3. The number of carbonyl (C=O) groups is 2. The number of aryl methyl sites for hydroxylation is 1. The number of carboxylic acids is 2. The molecule has 0 saturated heterocycles. The van der Waals surface area contributed by atoms with Crippen LogP contribution < -0.4 is 0 Å². The molecule has 0 aliphatic carbocycles. The van der Waals surface area contributed by atoms with Crippen LogP contribution in [0.4, 0.5) is 0 Å². The lowest BCUT2D eigenvalue weighted by molar-refractivity contribution is -0.134. The maximum absolute atomic E-state index is 10.7. The molecule has 0 spiro atoms. The van der Waals surface area contributed by atoms with E-state index in [1.165, 1.54) is 18.2 Å². The van der Waals surface area contributed by atoms with Crippen molar-refractivity contribution in [1.29, 1.82) is 0 Å². The minimum absolute atomic E-state index is 0.119. The van der Waals surface area contributed by atoms with Gasteiger partial charge in [0.05, 0.1) is 5.56 Å². The van der Waals surface area contributed by atoms with Crippen molar-refractivity contribution in [3.63, 3.8) is 0 Å². The molecule has 1 aromatic rings. The average molecular weight is 240 g/mol. The first-order valence-electron chi connectivity index (χ1n) is 5.13. The average Bonchev–Trinajstić information content (AvgIpc) is 2.16. The molecule has 3 N–H and O–H groups in total. The number of carboxylic acid groups (broad SMARTS) is 2. The number of rotatable bonds is 3. The number of phenolic OH excluding ortho intramolecular Hbond substituents is 1. The van der Waals surface area contributed by atoms with Gasteiger partial charge in [0, 0.05) is 6.92 Å². The number of benzene rings is 1. The van der Waals surface area contributed by atoms with Gasteiger partial charge in [-0.2, -0.15) is 0 Å². The van der Waals surface area contributed by atoms with Gasteiger partial charge >= 0.3 is 5.97 Å². The van der Waals surface area contributed by atoms with Crippen LogP contribution in [0.15, 0.2) is 18.2 Å². The van der Waals surface area contributed by atoms with Gasteiger partial charge in [-0.05, 0) is 30.2 Å². The summed E-state index contributed by atoms with van der Waals surface area (Å²) < 4.78 is 0. The molecule has 0 bridgehead atoms. The van der Waals surface area contributed by atoms with Crippen molar-refractivity contribution >= 4 is 11.9 Å². The number of aromatic carboxylic acids is 1. The van der Waals surface area contributed by atoms with E-state index < -0.39 is 11.9 Å². The molecule has 0 aliphatic heterocycles. The van der Waals surface area contributed by atoms with Crippen molar-refractivity contribution in [3.8, 4) is 5.75 Å². The highest BCUT2D eigenvalue weighted by Gasteiger charge is 2.09. The van der Waals surface area contributed by atoms with E-state index in [1.807, 2.05) is 6.92 Å². The summed E-state index contributed by atoms with van der Waals surface area (Å²) in [5, 5.41) is 25.4. The minimum atomic E-state index is -0.941. The third kappa shape index (κ3) is 6.19. The molecular weight excluding hydrogens is 224 g/mol. The highest BCUT2D eigenvalue weighted by Crippen LogP contribution is 2.18. The molecule has 0 aliphatic rings. The third-order valence-corrected chi connectivity index (χ3v) is 1.84. The fourth-order valence-corrected chi connectivity index (χ4v) is 1.26. The molecule has 0 aromatic heterocycles. The van der Waals surface area contributed by atoms with Gasteiger partial charge in [0.1, 0.15) is 5.75 Å². The summed E-state index contributed by atoms with van der Waals surface area (Å²) in [6.07, 6.45) is 1.54. The van der Waals surface area contributed by atoms with Gasteiger partial charge in [-0.15, -0.1) is 0 Å². The smallest absolute Gasteiger partial charge is 0.335 e. The van der Waals surface area contributed by atoms with Gasteiger partial charge in [-0.3, -0.25) is 4.79 Å². The van der Waals surface area contributed by atoms with Crippen molar-refractivity contribution < 1.29 is 24.9 Å². The Morgan fingerprint density at radius 2 is 1.76 bits per heavy atom. The molecule has 0 fully saturated rings. The lowest BCUT2D eigenvalue weighted by atomic mass is 10.0. The van der Waals surface area contributed by atoms with E-state index >= 15 is 0 Å². The van der Waals surface area contributed by atoms with Crippen LogP contribution in [0.25, 0.3) is 0 Å². The Balaban J connectivity index is 0.000000557. The molecule has 1 rings (SSSR count). The first-order valence-corrected chi connectivity index (χ1v) is 5.13. The van der Waals surface area contributed by atoms with Crippen LogP contribution in [0.2, 0.25) is 0 Å². The Morgan fingerprint density at radius 3 is 2.18 bits per heavy atom. The third-order valence-electron chi connectivity index (χ3n) is 1.84. The second kappa shape index (κ2) is 7.27. The Bertz CT molecular complexity index is 394. The summed E-state index contributed by atoms with van der Waals surface area (Å²) in [4.78, 5) is 19.7. The predicted octanol–water partition coefficient (Wildman–Crippen LogP) is 2.13. The molecule has 0 saturated carbocycles. The van der Waals surface area contributed by atoms with Crippen LogP contribution >= 0.6 is 0 Å². The van der Waals surface area contributed by atoms with Crippen molar-refractivity contribution in [2.24, 2.45) is 0 Å². The number of aromatic hydroxyl groups is 1. The lowest BCUT2D eigenvalue weighted by Crippen LogP contribution is -2.01. The largest absolute Gasteiger partial charge is 0.508 e. The standard InChI is InChI=1S/C10H12O3.C2H4O2/c1-2-3-7-6-8(11)4-5-9(7)10(12)13;1-2(3)4/h4-6,11H,2-3H2,1H3,(H,12,13);1H3,(H,3,4). The lowest BCUT2D eigenvalue weighted by Gasteiger charge is -2.04. The van der Waals surface area contributed by atoms with Gasteiger partial charge in [-0.1, -0.05) is 13.3 Å². The van der Waals surface area contributed by atoms with E-state index in [1.54, 1.807) is 0 Å². The van der Waals surface area contributed by atoms with E-state index in [0.717, 1.165) is 13.3 Å². The Labute approximate surface area is 99.3 Å². The topological polar surface area (TPSA) is 94.8 Å². The molecule has 94 valence electrons. The summed E-state index contributed by atoms with van der Waals surface area (Å²) in [6, 6.07) is 4.33. The van der Waals surface area contributed by atoms with Gasteiger partial charge in [-0.25, -0.2) is 4.79 Å². The Kier molecular flexibility index (Phi) is 6.40. The monoisotopic (exact) mass is 240 g/mol. The quantitative estimate of drug-likeness (QED) is 0.752. The highest BCUT2D eigenvalue weighted by molar-refractivity contribution is 5.89. The molecular formula is C12H16O5. The molecule has 0 radical (unpaired) electrons. The molecule has 5 nitrogen and oxygen atoms in total. The van der Waals surface area contributed by atoms with E-state index in [4.69, 9.17) is 20.1 Å². The number of aliphatic carboxylic acids is 1. The summed E-state index contributed by atoms with van der Waals surface area (Å²) in [5.41, 5.74) is 0.967. The fraction of sp³-hybridized carbons (Fsp3) is 0.333. The number of phenols is 1. The van der Waals surface area contributed by atoms with Crippen LogP contribution in [-0.4, -0.2) is 27.3 Å². The zero-order valence-corrected chi connectivity index (χ0v) is 9.80. The molecule has 0 unspecified atom stereocenters. The van der Waals surface area contributed by atoms with E-state index in [-0.39, 0.29) is 11.3 Å². The maximum atomic E-state index is 10.7. The minimum Gasteiger partial charge on any atom is -0.508 e. The fourth-order valence-electron chi connectivity index (χ4n) is 1.26.